The fourth-order valence-corrected chi connectivity index (χ4v) is 3.78. The Bertz CT molecular complexity index is 546. The zero-order chi connectivity index (χ0) is 16.8. The molecule has 3 amide bonds. The Morgan fingerprint density at radius 2 is 2.13 bits per heavy atom. The van der Waals surface area contributed by atoms with Gasteiger partial charge < -0.3 is 16.0 Å². The number of urea groups is 1. The summed E-state index contributed by atoms with van der Waals surface area (Å²) in [5.74, 6) is 0.0701. The highest BCUT2D eigenvalue weighted by Gasteiger charge is 2.31. The van der Waals surface area contributed by atoms with Gasteiger partial charge in [-0.25, -0.2) is 9.78 Å². The Labute approximate surface area is 141 Å². The summed E-state index contributed by atoms with van der Waals surface area (Å²) in [6.07, 6.45) is 5.63. The first-order chi connectivity index (χ1) is 11.0. The molecule has 3 atom stereocenters. The molecule has 0 radical (unpaired) electrons. The molecule has 128 valence electrons. The molecule has 1 saturated carbocycles. The first-order valence-corrected chi connectivity index (χ1v) is 9.01. The van der Waals surface area contributed by atoms with Gasteiger partial charge >= 0.3 is 6.03 Å². The number of hydrogen-bond acceptors (Lipinski definition) is 4. The van der Waals surface area contributed by atoms with Crippen LogP contribution < -0.4 is 16.0 Å². The molecule has 1 aliphatic carbocycles. The molecule has 1 heterocycles. The van der Waals surface area contributed by atoms with Crippen molar-refractivity contribution in [2.24, 2.45) is 5.92 Å². The minimum Gasteiger partial charge on any atom is -0.359 e. The SMILES string of the molecule is CNC(=O)C1CCCCC1NC(=O)NCC(C)c1ncc(C)s1. The zero-order valence-corrected chi connectivity index (χ0v) is 14.8. The summed E-state index contributed by atoms with van der Waals surface area (Å²) in [7, 11) is 1.64. The number of hydrogen-bond donors (Lipinski definition) is 3. The highest BCUT2D eigenvalue weighted by molar-refractivity contribution is 7.11. The second kappa shape index (κ2) is 8.29. The van der Waals surface area contributed by atoms with Crippen molar-refractivity contribution in [1.29, 1.82) is 0 Å². The summed E-state index contributed by atoms with van der Waals surface area (Å²) in [5, 5.41) is 9.59. The van der Waals surface area contributed by atoms with Gasteiger partial charge in [0, 0.05) is 36.6 Å². The first-order valence-electron chi connectivity index (χ1n) is 8.19. The minimum absolute atomic E-state index is 0.0154. The van der Waals surface area contributed by atoms with Crippen LogP contribution in [-0.4, -0.2) is 36.6 Å². The fraction of sp³-hybridized carbons (Fsp3) is 0.688. The third kappa shape index (κ3) is 4.92. The smallest absolute Gasteiger partial charge is 0.315 e. The molecular formula is C16H26N4O2S. The number of aromatic nitrogens is 1. The van der Waals surface area contributed by atoms with E-state index in [-0.39, 0.29) is 29.8 Å². The van der Waals surface area contributed by atoms with Crippen LogP contribution in [0.2, 0.25) is 0 Å². The summed E-state index contributed by atoms with van der Waals surface area (Å²) in [6, 6.07) is -0.285. The van der Waals surface area contributed by atoms with Gasteiger partial charge in [-0.15, -0.1) is 11.3 Å². The standard InChI is InChI=1S/C16H26N4O2S/c1-10(15-18-9-11(2)23-15)8-19-16(22)20-13-7-5-4-6-12(13)14(21)17-3/h9-10,12-13H,4-8H2,1-3H3,(H,17,21)(H2,19,20,22). The van der Waals surface area contributed by atoms with Gasteiger partial charge in [0.25, 0.3) is 0 Å². The molecule has 3 N–H and O–H groups in total. The summed E-state index contributed by atoms with van der Waals surface area (Å²) in [6.45, 7) is 4.61. The van der Waals surface area contributed by atoms with Crippen molar-refractivity contribution in [1.82, 2.24) is 20.9 Å². The third-order valence-electron chi connectivity index (χ3n) is 4.30. The molecule has 1 fully saturated rings. The Morgan fingerprint density at radius 1 is 1.39 bits per heavy atom. The predicted octanol–water partition coefficient (Wildman–Crippen LogP) is 2.16. The lowest BCUT2D eigenvalue weighted by Crippen LogP contribution is -2.51. The van der Waals surface area contributed by atoms with Crippen LogP contribution >= 0.6 is 11.3 Å². The molecule has 1 aromatic heterocycles. The number of nitrogens with one attached hydrogen (secondary N) is 3. The number of amides is 3. The minimum atomic E-state index is -0.203. The van der Waals surface area contributed by atoms with E-state index in [9.17, 15) is 9.59 Å². The van der Waals surface area contributed by atoms with E-state index in [1.54, 1.807) is 18.4 Å². The molecule has 3 unspecified atom stereocenters. The quantitative estimate of drug-likeness (QED) is 0.769. The molecule has 1 aromatic rings. The van der Waals surface area contributed by atoms with Crippen LogP contribution in [0.1, 0.15) is 48.4 Å². The van der Waals surface area contributed by atoms with Crippen LogP contribution in [-0.2, 0) is 4.79 Å². The lowest BCUT2D eigenvalue weighted by molar-refractivity contribution is -0.126. The van der Waals surface area contributed by atoms with Crippen molar-refractivity contribution in [3.05, 3.63) is 16.1 Å². The van der Waals surface area contributed by atoms with Crippen LogP contribution in [0.5, 0.6) is 0 Å². The average Bonchev–Trinajstić information content (AvgIpc) is 2.99. The Morgan fingerprint density at radius 3 is 2.78 bits per heavy atom. The van der Waals surface area contributed by atoms with E-state index < -0.39 is 0 Å². The topological polar surface area (TPSA) is 83.1 Å². The fourth-order valence-electron chi connectivity index (χ4n) is 2.96. The Balaban J connectivity index is 1.82. The maximum Gasteiger partial charge on any atom is 0.315 e. The van der Waals surface area contributed by atoms with Crippen LogP contribution in [0, 0.1) is 12.8 Å². The second-order valence-corrected chi connectivity index (χ2v) is 7.44. The molecular weight excluding hydrogens is 312 g/mol. The van der Waals surface area contributed by atoms with E-state index in [2.05, 4.69) is 20.9 Å². The summed E-state index contributed by atoms with van der Waals surface area (Å²) < 4.78 is 0. The monoisotopic (exact) mass is 338 g/mol. The lowest BCUT2D eigenvalue weighted by Gasteiger charge is -2.31. The van der Waals surface area contributed by atoms with Gasteiger partial charge in [0.15, 0.2) is 0 Å². The van der Waals surface area contributed by atoms with Crippen molar-refractivity contribution >= 4 is 23.3 Å². The zero-order valence-electron chi connectivity index (χ0n) is 14.0. The number of carbonyl (C=O) groups is 2. The van der Waals surface area contributed by atoms with E-state index in [1.165, 1.54) is 4.88 Å². The Hall–Kier alpha value is -1.63. The van der Waals surface area contributed by atoms with Gasteiger partial charge in [-0.1, -0.05) is 19.8 Å². The van der Waals surface area contributed by atoms with Gasteiger partial charge in [-0.2, -0.15) is 0 Å². The second-order valence-electron chi connectivity index (χ2n) is 6.18. The van der Waals surface area contributed by atoms with E-state index in [0.717, 1.165) is 30.7 Å². The van der Waals surface area contributed by atoms with Crippen molar-refractivity contribution < 1.29 is 9.59 Å². The summed E-state index contributed by atoms with van der Waals surface area (Å²) in [4.78, 5) is 29.6. The van der Waals surface area contributed by atoms with Crippen molar-refractivity contribution in [2.45, 2.75) is 51.5 Å². The van der Waals surface area contributed by atoms with E-state index in [0.29, 0.717) is 6.54 Å². The molecule has 7 heteroatoms. The predicted molar refractivity (Wildman–Crippen MR) is 91.6 cm³/mol. The highest BCUT2D eigenvalue weighted by atomic mass is 32.1. The van der Waals surface area contributed by atoms with Gasteiger partial charge in [-0.05, 0) is 19.8 Å². The molecule has 1 aliphatic rings. The molecule has 0 spiro atoms. The van der Waals surface area contributed by atoms with Crippen LogP contribution in [0.15, 0.2) is 6.20 Å². The van der Waals surface area contributed by atoms with Crippen molar-refractivity contribution in [3.8, 4) is 0 Å². The highest BCUT2D eigenvalue weighted by Crippen LogP contribution is 2.24. The molecule has 0 aromatic carbocycles. The first kappa shape index (κ1) is 17.7. The number of carbonyl (C=O) groups excluding carboxylic acids is 2. The summed E-state index contributed by atoms with van der Waals surface area (Å²) in [5.41, 5.74) is 0. The number of aryl methyl sites for hydroxylation is 1. The number of rotatable bonds is 5. The molecule has 0 saturated heterocycles. The average molecular weight is 338 g/mol. The lowest BCUT2D eigenvalue weighted by atomic mass is 9.84. The molecule has 6 nitrogen and oxygen atoms in total. The van der Waals surface area contributed by atoms with Gasteiger partial charge in [-0.3, -0.25) is 4.79 Å². The van der Waals surface area contributed by atoms with Crippen LogP contribution in [0.3, 0.4) is 0 Å². The van der Waals surface area contributed by atoms with E-state index >= 15 is 0 Å². The van der Waals surface area contributed by atoms with Crippen molar-refractivity contribution in [2.75, 3.05) is 13.6 Å². The van der Waals surface area contributed by atoms with E-state index in [1.807, 2.05) is 20.0 Å². The number of thiazole rings is 1. The normalized spacial score (nSPS) is 22.2. The molecule has 0 bridgehead atoms. The maximum absolute atomic E-state index is 12.1. The molecule has 0 aliphatic heterocycles. The largest absolute Gasteiger partial charge is 0.359 e. The third-order valence-corrected chi connectivity index (χ3v) is 5.44. The maximum atomic E-state index is 12.1. The molecule has 2 rings (SSSR count). The van der Waals surface area contributed by atoms with Crippen molar-refractivity contribution in [3.63, 3.8) is 0 Å². The molecule has 23 heavy (non-hydrogen) atoms. The van der Waals surface area contributed by atoms with Crippen LogP contribution in [0.25, 0.3) is 0 Å². The van der Waals surface area contributed by atoms with Gasteiger partial charge in [0.1, 0.15) is 0 Å². The van der Waals surface area contributed by atoms with E-state index in [4.69, 9.17) is 0 Å². The Kier molecular flexibility index (Phi) is 6.38. The summed E-state index contributed by atoms with van der Waals surface area (Å²) >= 11 is 1.65. The van der Waals surface area contributed by atoms with Gasteiger partial charge in [0.05, 0.1) is 10.9 Å². The van der Waals surface area contributed by atoms with Crippen LogP contribution in [0.4, 0.5) is 4.79 Å². The van der Waals surface area contributed by atoms with Gasteiger partial charge in [0.2, 0.25) is 5.91 Å². The number of nitrogens with zero attached hydrogens (tertiary/aromatic N) is 1.